The van der Waals surface area contributed by atoms with E-state index in [4.69, 9.17) is 9.47 Å². The standard InChI is InChI=1S/C17H18O3S/c1-12(18)14-5-2-3-6-17(14)21-13-7-8-15-16(11-13)20-10-4-9-19-15/h2-3,5-8,11-12,18H,4,9-10H2,1H3/t12-/m1/s1. The third-order valence-electron chi connectivity index (χ3n) is 3.32. The van der Waals surface area contributed by atoms with Crippen molar-refractivity contribution in [2.75, 3.05) is 13.2 Å². The zero-order valence-corrected chi connectivity index (χ0v) is 12.7. The van der Waals surface area contributed by atoms with Gasteiger partial charge in [0.1, 0.15) is 0 Å². The van der Waals surface area contributed by atoms with Crippen molar-refractivity contribution in [3.05, 3.63) is 48.0 Å². The molecule has 1 aliphatic heterocycles. The molecule has 3 rings (SSSR count). The van der Waals surface area contributed by atoms with Crippen molar-refractivity contribution < 1.29 is 14.6 Å². The van der Waals surface area contributed by atoms with Gasteiger partial charge < -0.3 is 14.6 Å². The first-order valence-electron chi connectivity index (χ1n) is 7.08. The van der Waals surface area contributed by atoms with Gasteiger partial charge in [0, 0.05) is 16.2 Å². The summed E-state index contributed by atoms with van der Waals surface area (Å²) >= 11 is 1.63. The first-order chi connectivity index (χ1) is 10.2. The minimum Gasteiger partial charge on any atom is -0.490 e. The van der Waals surface area contributed by atoms with Gasteiger partial charge in [-0.3, -0.25) is 0 Å². The first-order valence-corrected chi connectivity index (χ1v) is 7.90. The van der Waals surface area contributed by atoms with E-state index in [1.54, 1.807) is 18.7 Å². The lowest BCUT2D eigenvalue weighted by Gasteiger charge is -2.13. The number of aliphatic hydroxyl groups excluding tert-OH is 1. The number of fused-ring (bicyclic) bond motifs is 1. The molecule has 0 spiro atoms. The van der Waals surface area contributed by atoms with E-state index in [2.05, 4.69) is 0 Å². The molecule has 3 nitrogen and oxygen atoms in total. The van der Waals surface area contributed by atoms with Crippen LogP contribution in [0.3, 0.4) is 0 Å². The number of hydrogen-bond acceptors (Lipinski definition) is 4. The molecule has 2 aromatic carbocycles. The summed E-state index contributed by atoms with van der Waals surface area (Å²) in [5, 5.41) is 9.85. The van der Waals surface area contributed by atoms with Crippen molar-refractivity contribution >= 4 is 11.8 Å². The molecule has 1 atom stereocenters. The van der Waals surface area contributed by atoms with Crippen LogP contribution in [0.15, 0.2) is 52.3 Å². The molecular formula is C17H18O3S. The Bertz CT molecular complexity index is 625. The second kappa shape index (κ2) is 6.41. The molecule has 0 aromatic heterocycles. The Hall–Kier alpha value is -1.65. The van der Waals surface area contributed by atoms with Crippen molar-refractivity contribution in [1.82, 2.24) is 0 Å². The summed E-state index contributed by atoms with van der Waals surface area (Å²) < 4.78 is 11.4. The van der Waals surface area contributed by atoms with E-state index >= 15 is 0 Å². The van der Waals surface area contributed by atoms with Gasteiger partial charge in [0.15, 0.2) is 11.5 Å². The fraction of sp³-hybridized carbons (Fsp3) is 0.294. The van der Waals surface area contributed by atoms with E-state index in [-0.39, 0.29) is 0 Å². The number of hydrogen-bond donors (Lipinski definition) is 1. The molecule has 0 radical (unpaired) electrons. The monoisotopic (exact) mass is 302 g/mol. The Kier molecular flexibility index (Phi) is 4.36. The van der Waals surface area contributed by atoms with E-state index < -0.39 is 6.10 Å². The molecule has 1 N–H and O–H groups in total. The van der Waals surface area contributed by atoms with E-state index in [1.807, 2.05) is 42.5 Å². The smallest absolute Gasteiger partial charge is 0.162 e. The maximum atomic E-state index is 9.85. The van der Waals surface area contributed by atoms with Crippen LogP contribution >= 0.6 is 11.8 Å². The quantitative estimate of drug-likeness (QED) is 0.928. The van der Waals surface area contributed by atoms with Crippen LogP contribution in [-0.2, 0) is 0 Å². The highest BCUT2D eigenvalue weighted by Crippen LogP contribution is 2.38. The predicted molar refractivity (Wildman–Crippen MR) is 83.2 cm³/mol. The maximum Gasteiger partial charge on any atom is 0.162 e. The van der Waals surface area contributed by atoms with Gasteiger partial charge in [-0.05, 0) is 36.8 Å². The van der Waals surface area contributed by atoms with E-state index in [0.29, 0.717) is 13.2 Å². The molecule has 0 unspecified atom stereocenters. The van der Waals surface area contributed by atoms with Gasteiger partial charge in [-0.25, -0.2) is 0 Å². The van der Waals surface area contributed by atoms with Gasteiger partial charge in [-0.2, -0.15) is 0 Å². The SMILES string of the molecule is C[C@@H](O)c1ccccc1Sc1ccc2c(c1)OCCCO2. The molecule has 110 valence electrons. The van der Waals surface area contributed by atoms with Crippen LogP contribution in [0.5, 0.6) is 11.5 Å². The fourth-order valence-electron chi connectivity index (χ4n) is 2.25. The molecule has 4 heteroatoms. The molecule has 0 saturated carbocycles. The second-order valence-electron chi connectivity index (χ2n) is 4.97. The summed E-state index contributed by atoms with van der Waals surface area (Å²) in [5.74, 6) is 1.60. The predicted octanol–water partition coefficient (Wildman–Crippen LogP) is 4.05. The largest absolute Gasteiger partial charge is 0.490 e. The average molecular weight is 302 g/mol. The Morgan fingerprint density at radius 2 is 1.81 bits per heavy atom. The van der Waals surface area contributed by atoms with Crippen molar-refractivity contribution in [2.45, 2.75) is 29.2 Å². The molecule has 0 bridgehead atoms. The summed E-state index contributed by atoms with van der Waals surface area (Å²) in [6, 6.07) is 13.9. The van der Waals surface area contributed by atoms with Gasteiger partial charge in [0.25, 0.3) is 0 Å². The maximum absolute atomic E-state index is 9.85. The molecule has 0 amide bonds. The van der Waals surface area contributed by atoms with Crippen LogP contribution in [0.1, 0.15) is 25.0 Å². The summed E-state index contributed by atoms with van der Waals surface area (Å²) in [6.07, 6.45) is 0.427. The third kappa shape index (κ3) is 3.34. The zero-order chi connectivity index (χ0) is 14.7. The van der Waals surface area contributed by atoms with E-state index in [9.17, 15) is 5.11 Å². The van der Waals surface area contributed by atoms with Gasteiger partial charge in [0.05, 0.1) is 19.3 Å². The van der Waals surface area contributed by atoms with Crippen molar-refractivity contribution in [3.63, 3.8) is 0 Å². The number of benzene rings is 2. The summed E-state index contributed by atoms with van der Waals surface area (Å²) in [6.45, 7) is 3.17. The molecule has 0 aliphatic carbocycles. The van der Waals surface area contributed by atoms with E-state index in [0.717, 1.165) is 33.3 Å². The number of rotatable bonds is 3. The Morgan fingerprint density at radius 3 is 2.62 bits per heavy atom. The normalized spacial score (nSPS) is 15.3. The lowest BCUT2D eigenvalue weighted by Crippen LogP contribution is -1.97. The topological polar surface area (TPSA) is 38.7 Å². The molecule has 2 aromatic rings. The van der Waals surface area contributed by atoms with E-state index in [1.165, 1.54) is 0 Å². The summed E-state index contributed by atoms with van der Waals surface area (Å²) in [5.41, 5.74) is 0.939. The lowest BCUT2D eigenvalue weighted by atomic mass is 10.1. The Balaban J connectivity index is 1.87. The molecule has 21 heavy (non-hydrogen) atoms. The Labute approximate surface area is 128 Å². The summed E-state index contributed by atoms with van der Waals surface area (Å²) in [7, 11) is 0. The summed E-state index contributed by atoms with van der Waals surface area (Å²) in [4.78, 5) is 2.13. The van der Waals surface area contributed by atoms with Crippen LogP contribution in [0.4, 0.5) is 0 Å². The van der Waals surface area contributed by atoms with Gasteiger partial charge in [-0.15, -0.1) is 0 Å². The van der Waals surface area contributed by atoms with Crippen molar-refractivity contribution in [1.29, 1.82) is 0 Å². The zero-order valence-electron chi connectivity index (χ0n) is 11.9. The minimum atomic E-state index is -0.478. The number of ether oxygens (including phenoxy) is 2. The van der Waals surface area contributed by atoms with Crippen LogP contribution in [0.2, 0.25) is 0 Å². The fourth-order valence-corrected chi connectivity index (χ4v) is 3.31. The van der Waals surface area contributed by atoms with Crippen LogP contribution in [0, 0.1) is 0 Å². The molecule has 1 aliphatic rings. The lowest BCUT2D eigenvalue weighted by molar-refractivity contribution is 0.196. The number of aliphatic hydroxyl groups is 1. The van der Waals surface area contributed by atoms with Crippen LogP contribution in [-0.4, -0.2) is 18.3 Å². The van der Waals surface area contributed by atoms with Gasteiger partial charge >= 0.3 is 0 Å². The molecule has 0 fully saturated rings. The minimum absolute atomic E-state index is 0.478. The highest BCUT2D eigenvalue weighted by atomic mass is 32.2. The second-order valence-corrected chi connectivity index (χ2v) is 6.09. The molecular weight excluding hydrogens is 284 g/mol. The molecule has 1 heterocycles. The highest BCUT2D eigenvalue weighted by Gasteiger charge is 2.13. The van der Waals surface area contributed by atoms with Gasteiger partial charge in [0.2, 0.25) is 0 Å². The van der Waals surface area contributed by atoms with Gasteiger partial charge in [-0.1, -0.05) is 30.0 Å². The van der Waals surface area contributed by atoms with Crippen LogP contribution in [0.25, 0.3) is 0 Å². The van der Waals surface area contributed by atoms with Crippen molar-refractivity contribution in [3.8, 4) is 11.5 Å². The average Bonchev–Trinajstić information content (AvgIpc) is 2.72. The Morgan fingerprint density at radius 1 is 1.05 bits per heavy atom. The van der Waals surface area contributed by atoms with Crippen molar-refractivity contribution in [2.24, 2.45) is 0 Å². The molecule has 0 saturated heterocycles. The van der Waals surface area contributed by atoms with Crippen LogP contribution < -0.4 is 9.47 Å². The first kappa shape index (κ1) is 14.3. The third-order valence-corrected chi connectivity index (χ3v) is 4.40. The highest BCUT2D eigenvalue weighted by molar-refractivity contribution is 7.99.